The van der Waals surface area contributed by atoms with Crippen molar-refractivity contribution in [3.05, 3.63) is 64.4 Å². The molecule has 10 heteroatoms. The molecule has 3 aromatic carbocycles. The van der Waals surface area contributed by atoms with Gasteiger partial charge in [-0.05, 0) is 42.0 Å². The molecular weight excluding hydrogens is 520 g/mol. The van der Waals surface area contributed by atoms with Gasteiger partial charge >= 0.3 is 5.97 Å². The molecule has 5 rings (SSSR count). The van der Waals surface area contributed by atoms with Crippen LogP contribution in [0.3, 0.4) is 0 Å². The number of hydrogen-bond donors (Lipinski definition) is 0. The Morgan fingerprint density at radius 3 is 1.98 bits per heavy atom. The maximum atomic E-state index is 13.5. The Morgan fingerprint density at radius 1 is 0.725 bits per heavy atom. The van der Waals surface area contributed by atoms with Crippen LogP contribution in [0.2, 0.25) is 0 Å². The minimum Gasteiger partial charge on any atom is -0.493 e. The van der Waals surface area contributed by atoms with E-state index < -0.39 is 11.9 Å². The third-order valence-electron chi connectivity index (χ3n) is 6.87. The van der Waals surface area contributed by atoms with Crippen LogP contribution in [0.15, 0.2) is 42.2 Å². The van der Waals surface area contributed by atoms with E-state index >= 15 is 0 Å². The zero-order valence-electron chi connectivity index (χ0n) is 22.9. The number of benzene rings is 3. The Balaban J connectivity index is 1.63. The average molecular weight is 549 g/mol. The van der Waals surface area contributed by atoms with Gasteiger partial charge in [0.1, 0.15) is 11.5 Å². The second-order valence-corrected chi connectivity index (χ2v) is 8.91. The lowest BCUT2D eigenvalue weighted by molar-refractivity contribution is -0.135. The van der Waals surface area contributed by atoms with Crippen LogP contribution in [0.25, 0.3) is 6.08 Å². The van der Waals surface area contributed by atoms with Crippen LogP contribution in [-0.2, 0) is 4.79 Å². The van der Waals surface area contributed by atoms with Crippen LogP contribution >= 0.6 is 0 Å². The Labute approximate surface area is 230 Å². The largest absolute Gasteiger partial charge is 0.493 e. The molecule has 0 amide bonds. The molecule has 0 radical (unpaired) electrons. The van der Waals surface area contributed by atoms with Crippen LogP contribution in [0.5, 0.6) is 46.0 Å². The first-order valence-corrected chi connectivity index (χ1v) is 12.3. The van der Waals surface area contributed by atoms with Crippen molar-refractivity contribution in [1.29, 1.82) is 0 Å². The van der Waals surface area contributed by atoms with E-state index in [4.69, 9.17) is 37.9 Å². The van der Waals surface area contributed by atoms with Gasteiger partial charge in [-0.2, -0.15) is 0 Å². The minimum atomic E-state index is -0.547. The average Bonchev–Trinajstić information content (AvgIpc) is 3.29. The summed E-state index contributed by atoms with van der Waals surface area (Å²) in [6.07, 6.45) is 1.60. The van der Waals surface area contributed by atoms with Crippen molar-refractivity contribution >= 4 is 17.8 Å². The molecule has 0 bridgehead atoms. The van der Waals surface area contributed by atoms with E-state index in [2.05, 4.69) is 0 Å². The van der Waals surface area contributed by atoms with Gasteiger partial charge in [-0.15, -0.1) is 0 Å². The molecular formula is C30H28O10. The van der Waals surface area contributed by atoms with Gasteiger partial charge in [-0.1, -0.05) is 6.07 Å². The molecule has 40 heavy (non-hydrogen) atoms. The number of carbonyl (C=O) groups is 2. The summed E-state index contributed by atoms with van der Waals surface area (Å²) in [5.41, 5.74) is 2.16. The summed E-state index contributed by atoms with van der Waals surface area (Å²) >= 11 is 0. The number of ether oxygens (including phenoxy) is 8. The van der Waals surface area contributed by atoms with Crippen molar-refractivity contribution in [1.82, 2.24) is 0 Å². The van der Waals surface area contributed by atoms with Crippen LogP contribution in [0.4, 0.5) is 0 Å². The van der Waals surface area contributed by atoms with E-state index in [0.29, 0.717) is 68.2 Å². The second-order valence-electron chi connectivity index (χ2n) is 8.91. The number of Topliss-reactive ketones (excluding diaryl/α,β-unsaturated/α-hetero) is 1. The fourth-order valence-electron chi connectivity index (χ4n) is 5.11. The number of esters is 1. The molecule has 0 saturated carbocycles. The SMILES string of the molecule is COc1cc(/C=C2\Oc3c(ccc4c3C(c3ccc(OC)c(OC)c3OC)CC(=O)O4)C2=O)cc(OC)c1OC. The molecule has 0 saturated heterocycles. The number of rotatable bonds is 8. The number of fused-ring (bicyclic) bond motifs is 3. The van der Waals surface area contributed by atoms with E-state index in [1.807, 2.05) is 0 Å². The van der Waals surface area contributed by atoms with Gasteiger partial charge in [-0.3, -0.25) is 9.59 Å². The molecule has 0 fully saturated rings. The van der Waals surface area contributed by atoms with Gasteiger partial charge < -0.3 is 37.9 Å². The lowest BCUT2D eigenvalue weighted by Gasteiger charge is -2.28. The highest BCUT2D eigenvalue weighted by Crippen LogP contribution is 2.53. The summed E-state index contributed by atoms with van der Waals surface area (Å²) < 4.78 is 44.7. The van der Waals surface area contributed by atoms with Gasteiger partial charge in [0.2, 0.25) is 17.3 Å². The predicted octanol–water partition coefficient (Wildman–Crippen LogP) is 4.80. The van der Waals surface area contributed by atoms with Crippen molar-refractivity contribution in [2.24, 2.45) is 0 Å². The minimum absolute atomic E-state index is 0.00122. The Hall–Kier alpha value is -4.86. The highest BCUT2D eigenvalue weighted by molar-refractivity contribution is 6.15. The molecule has 208 valence electrons. The number of ketones is 1. The maximum absolute atomic E-state index is 13.5. The number of methoxy groups -OCH3 is 6. The highest BCUT2D eigenvalue weighted by atomic mass is 16.5. The molecule has 0 N–H and O–H groups in total. The van der Waals surface area contributed by atoms with Gasteiger partial charge in [0.25, 0.3) is 0 Å². The van der Waals surface area contributed by atoms with Crippen molar-refractivity contribution in [2.75, 3.05) is 42.7 Å². The second kappa shape index (κ2) is 10.7. The maximum Gasteiger partial charge on any atom is 0.312 e. The van der Waals surface area contributed by atoms with Gasteiger partial charge in [0, 0.05) is 17.0 Å². The normalized spacial score (nSPS) is 16.4. The van der Waals surface area contributed by atoms with Crippen molar-refractivity contribution in [3.8, 4) is 46.0 Å². The lowest BCUT2D eigenvalue weighted by atomic mass is 9.84. The Kier molecular flexibility index (Phi) is 7.17. The van der Waals surface area contributed by atoms with Gasteiger partial charge in [-0.25, -0.2) is 0 Å². The molecule has 0 aromatic heterocycles. The van der Waals surface area contributed by atoms with Crippen molar-refractivity contribution < 1.29 is 47.5 Å². The molecule has 2 heterocycles. The van der Waals surface area contributed by atoms with E-state index in [0.717, 1.165) is 0 Å². The molecule has 2 aliphatic rings. The first kappa shape index (κ1) is 26.7. The fraction of sp³-hybridized carbons (Fsp3) is 0.267. The lowest BCUT2D eigenvalue weighted by Crippen LogP contribution is -2.22. The Morgan fingerprint density at radius 2 is 1.38 bits per heavy atom. The van der Waals surface area contributed by atoms with Crippen LogP contribution < -0.4 is 37.9 Å². The summed E-state index contributed by atoms with van der Waals surface area (Å²) in [5, 5.41) is 0. The number of carbonyl (C=O) groups excluding carboxylic acids is 2. The first-order valence-electron chi connectivity index (χ1n) is 12.3. The summed E-state index contributed by atoms with van der Waals surface area (Å²) in [6, 6.07) is 10.2. The third-order valence-corrected chi connectivity index (χ3v) is 6.87. The summed E-state index contributed by atoms with van der Waals surface area (Å²) in [4.78, 5) is 26.1. The van der Waals surface area contributed by atoms with Crippen LogP contribution in [0, 0.1) is 0 Å². The first-order chi connectivity index (χ1) is 19.4. The van der Waals surface area contributed by atoms with Crippen LogP contribution in [0.1, 0.15) is 39.4 Å². The molecule has 0 aliphatic carbocycles. The third kappa shape index (κ3) is 4.31. The molecule has 2 aliphatic heterocycles. The molecule has 10 nitrogen and oxygen atoms in total. The zero-order chi connectivity index (χ0) is 28.6. The van der Waals surface area contributed by atoms with Gasteiger partial charge in [0.15, 0.2) is 28.8 Å². The summed E-state index contributed by atoms with van der Waals surface area (Å²) in [7, 11) is 9.08. The summed E-state index contributed by atoms with van der Waals surface area (Å²) in [6.45, 7) is 0. The Bertz CT molecular complexity index is 1510. The van der Waals surface area contributed by atoms with Crippen molar-refractivity contribution in [2.45, 2.75) is 12.3 Å². The zero-order valence-corrected chi connectivity index (χ0v) is 22.9. The quantitative estimate of drug-likeness (QED) is 0.221. The fourth-order valence-corrected chi connectivity index (χ4v) is 5.11. The van der Waals surface area contributed by atoms with E-state index in [1.165, 1.54) is 42.7 Å². The number of allylic oxidation sites excluding steroid dienone is 1. The monoisotopic (exact) mass is 548 g/mol. The van der Waals surface area contributed by atoms with Gasteiger partial charge in [0.05, 0.1) is 54.6 Å². The molecule has 3 aromatic rings. The van der Waals surface area contributed by atoms with Crippen molar-refractivity contribution in [3.63, 3.8) is 0 Å². The molecule has 1 atom stereocenters. The summed E-state index contributed by atoms with van der Waals surface area (Å²) in [5.74, 6) is 1.98. The van der Waals surface area contributed by atoms with E-state index in [-0.39, 0.29) is 18.0 Å². The molecule has 1 unspecified atom stereocenters. The predicted molar refractivity (Wildman–Crippen MR) is 144 cm³/mol. The highest BCUT2D eigenvalue weighted by Gasteiger charge is 2.40. The number of hydrogen-bond acceptors (Lipinski definition) is 10. The van der Waals surface area contributed by atoms with E-state index in [9.17, 15) is 9.59 Å². The van der Waals surface area contributed by atoms with Crippen LogP contribution in [-0.4, -0.2) is 54.4 Å². The topological polar surface area (TPSA) is 108 Å². The molecule has 0 spiro atoms. The smallest absolute Gasteiger partial charge is 0.312 e. The standard InChI is InChI=1S/C30H28O10/c1-33-20-10-7-16(28(36-4)30(20)38-6)18-14-24(31)39-19-9-8-17-26(32)21(40-27(17)25(18)19)11-15-12-22(34-2)29(37-5)23(13-15)35-3/h7-13,18H,14H2,1-6H3/b21-11-. The van der Waals surface area contributed by atoms with E-state index in [1.54, 1.807) is 42.5 Å².